The first-order chi connectivity index (χ1) is 11.1. The van der Waals surface area contributed by atoms with E-state index in [4.69, 9.17) is 4.74 Å². The van der Waals surface area contributed by atoms with Gasteiger partial charge in [-0.1, -0.05) is 6.07 Å². The molecule has 1 aromatic rings. The molecule has 3 rings (SSSR count). The van der Waals surface area contributed by atoms with Crippen LogP contribution in [-0.2, 0) is 4.79 Å². The first-order valence-electron chi connectivity index (χ1n) is 8.51. The number of anilines is 1. The Balaban J connectivity index is 0.00000156. The van der Waals surface area contributed by atoms with E-state index in [0.29, 0.717) is 5.91 Å². The molecule has 0 bridgehead atoms. The maximum atomic E-state index is 12.9. The third-order valence-corrected chi connectivity index (χ3v) is 5.10. The lowest BCUT2D eigenvalue weighted by Crippen LogP contribution is -2.55. The van der Waals surface area contributed by atoms with Crippen molar-refractivity contribution >= 4 is 36.4 Å². The average Bonchev–Trinajstić information content (AvgIpc) is 2.62. The van der Waals surface area contributed by atoms with Gasteiger partial charge in [0.25, 0.3) is 0 Å². The van der Waals surface area contributed by atoms with Gasteiger partial charge in [0.1, 0.15) is 5.75 Å². The molecule has 142 valence electrons. The smallest absolute Gasteiger partial charge is 0.229 e. The summed E-state index contributed by atoms with van der Waals surface area (Å²) in [4.78, 5) is 17.2. The van der Waals surface area contributed by atoms with Crippen LogP contribution < -0.4 is 15.0 Å². The molecular formula is C18H29Cl2N3O2. The largest absolute Gasteiger partial charge is 0.497 e. The van der Waals surface area contributed by atoms with Crippen LogP contribution in [-0.4, -0.2) is 57.2 Å². The molecule has 25 heavy (non-hydrogen) atoms. The van der Waals surface area contributed by atoms with E-state index in [1.165, 1.54) is 5.69 Å². The summed E-state index contributed by atoms with van der Waals surface area (Å²) in [6.45, 7) is 7.30. The Hall–Kier alpha value is -1.17. The number of methoxy groups -OCH3 is 1. The van der Waals surface area contributed by atoms with Gasteiger partial charge in [-0.15, -0.1) is 24.8 Å². The number of rotatable bonds is 3. The summed E-state index contributed by atoms with van der Waals surface area (Å²) in [5.41, 5.74) is 0.943. The monoisotopic (exact) mass is 389 g/mol. The average molecular weight is 390 g/mol. The van der Waals surface area contributed by atoms with Gasteiger partial charge in [0.15, 0.2) is 0 Å². The van der Waals surface area contributed by atoms with Crippen LogP contribution in [0, 0.1) is 5.41 Å². The normalized spacial score (nSPS) is 23.3. The number of piperidine rings is 1. The second kappa shape index (κ2) is 9.51. The minimum atomic E-state index is -0.226. The first kappa shape index (κ1) is 21.9. The number of amides is 1. The number of nitrogens with one attached hydrogen (secondary N) is 1. The highest BCUT2D eigenvalue weighted by atomic mass is 35.5. The summed E-state index contributed by atoms with van der Waals surface area (Å²) < 4.78 is 5.30. The van der Waals surface area contributed by atoms with Crippen molar-refractivity contribution in [2.45, 2.75) is 19.8 Å². The second-order valence-corrected chi connectivity index (χ2v) is 6.82. The summed E-state index contributed by atoms with van der Waals surface area (Å²) in [6.07, 6.45) is 2.08. The van der Waals surface area contributed by atoms with E-state index in [1.54, 1.807) is 7.11 Å². The molecule has 1 amide bonds. The maximum Gasteiger partial charge on any atom is 0.229 e. The molecule has 2 fully saturated rings. The predicted molar refractivity (Wildman–Crippen MR) is 106 cm³/mol. The number of hydrogen-bond donors (Lipinski definition) is 1. The summed E-state index contributed by atoms with van der Waals surface area (Å²) in [5, 5.41) is 3.37. The van der Waals surface area contributed by atoms with Gasteiger partial charge in [-0.3, -0.25) is 4.79 Å². The molecule has 0 aliphatic carbocycles. The van der Waals surface area contributed by atoms with Gasteiger partial charge in [0.05, 0.1) is 12.5 Å². The molecule has 0 saturated carbocycles. The Labute approximate surface area is 162 Å². The van der Waals surface area contributed by atoms with E-state index in [0.717, 1.165) is 57.9 Å². The van der Waals surface area contributed by atoms with Crippen LogP contribution >= 0.6 is 24.8 Å². The molecule has 7 heteroatoms. The van der Waals surface area contributed by atoms with E-state index in [9.17, 15) is 4.79 Å². The zero-order valence-corrected chi connectivity index (χ0v) is 16.6. The summed E-state index contributed by atoms with van der Waals surface area (Å²) in [7, 11) is 1.69. The highest BCUT2D eigenvalue weighted by molar-refractivity contribution is 5.85. The number of ether oxygens (including phenoxy) is 1. The Kier molecular flexibility index (Phi) is 8.32. The molecule has 1 unspecified atom stereocenters. The van der Waals surface area contributed by atoms with Crippen molar-refractivity contribution in [1.29, 1.82) is 0 Å². The lowest BCUT2D eigenvalue weighted by Gasteiger charge is -2.42. The van der Waals surface area contributed by atoms with Gasteiger partial charge >= 0.3 is 0 Å². The van der Waals surface area contributed by atoms with Crippen LogP contribution in [0.2, 0.25) is 0 Å². The van der Waals surface area contributed by atoms with Crippen molar-refractivity contribution in [2.75, 3.05) is 51.3 Å². The van der Waals surface area contributed by atoms with Crippen molar-refractivity contribution in [3.05, 3.63) is 24.3 Å². The Morgan fingerprint density at radius 1 is 1.20 bits per heavy atom. The fourth-order valence-corrected chi connectivity index (χ4v) is 3.60. The molecule has 1 N–H and O–H groups in total. The minimum absolute atomic E-state index is 0. The number of carbonyl (C=O) groups excluding carboxylic acids is 1. The Morgan fingerprint density at radius 2 is 1.92 bits per heavy atom. The van der Waals surface area contributed by atoms with Gasteiger partial charge in [0.2, 0.25) is 5.91 Å². The number of carbonyl (C=O) groups is 1. The van der Waals surface area contributed by atoms with Crippen molar-refractivity contribution in [2.24, 2.45) is 5.41 Å². The highest BCUT2D eigenvalue weighted by Crippen LogP contribution is 2.29. The lowest BCUT2D eigenvalue weighted by atomic mass is 9.81. The summed E-state index contributed by atoms with van der Waals surface area (Å²) >= 11 is 0. The summed E-state index contributed by atoms with van der Waals surface area (Å²) in [5.74, 6) is 1.19. The van der Waals surface area contributed by atoms with E-state index in [1.807, 2.05) is 17.0 Å². The van der Waals surface area contributed by atoms with Crippen LogP contribution in [0.3, 0.4) is 0 Å². The molecular weight excluding hydrogens is 361 g/mol. The lowest BCUT2D eigenvalue weighted by molar-refractivity contribution is -0.142. The molecule has 2 saturated heterocycles. The molecule has 1 aromatic carbocycles. The van der Waals surface area contributed by atoms with Crippen molar-refractivity contribution in [1.82, 2.24) is 10.2 Å². The number of hydrogen-bond acceptors (Lipinski definition) is 4. The number of nitrogens with zero attached hydrogens (tertiary/aromatic N) is 2. The zero-order valence-electron chi connectivity index (χ0n) is 15.0. The van der Waals surface area contributed by atoms with Gasteiger partial charge in [0, 0.05) is 44.5 Å². The van der Waals surface area contributed by atoms with E-state index >= 15 is 0 Å². The summed E-state index contributed by atoms with van der Waals surface area (Å²) in [6, 6.07) is 8.14. The van der Waals surface area contributed by atoms with Crippen molar-refractivity contribution in [3.8, 4) is 5.75 Å². The van der Waals surface area contributed by atoms with Crippen molar-refractivity contribution in [3.63, 3.8) is 0 Å². The standard InChI is InChI=1S/C18H27N3O2.2ClH/c1-18(7-4-8-19-14-18)17(22)21-11-9-20(10-12-21)15-5-3-6-16(13-15)23-2;;/h3,5-6,13,19H,4,7-12,14H2,1-2H3;2*1H. The first-order valence-corrected chi connectivity index (χ1v) is 8.51. The third-order valence-electron chi connectivity index (χ3n) is 5.10. The van der Waals surface area contributed by atoms with Gasteiger partial charge in [-0.05, 0) is 38.4 Å². The minimum Gasteiger partial charge on any atom is -0.497 e. The molecule has 1 atom stereocenters. The molecule has 5 nitrogen and oxygen atoms in total. The number of benzene rings is 1. The third kappa shape index (κ3) is 4.93. The SMILES string of the molecule is COc1cccc(N2CCN(C(=O)C3(C)CCCNC3)CC2)c1.Cl.Cl. The molecule has 0 aromatic heterocycles. The highest BCUT2D eigenvalue weighted by Gasteiger charge is 2.38. The van der Waals surface area contributed by atoms with E-state index in [-0.39, 0.29) is 30.2 Å². The van der Waals surface area contributed by atoms with Crippen LogP contribution in [0.25, 0.3) is 0 Å². The second-order valence-electron chi connectivity index (χ2n) is 6.82. The fraction of sp³-hybridized carbons (Fsp3) is 0.611. The van der Waals surface area contributed by atoms with Gasteiger partial charge in [-0.2, -0.15) is 0 Å². The molecule has 0 spiro atoms. The molecule has 2 heterocycles. The van der Waals surface area contributed by atoms with Crippen LogP contribution in [0.4, 0.5) is 5.69 Å². The van der Waals surface area contributed by atoms with Crippen LogP contribution in [0.15, 0.2) is 24.3 Å². The van der Waals surface area contributed by atoms with Gasteiger partial charge in [-0.25, -0.2) is 0 Å². The molecule has 0 radical (unpaired) electrons. The fourth-order valence-electron chi connectivity index (χ4n) is 3.60. The maximum absolute atomic E-state index is 12.9. The molecule has 2 aliphatic heterocycles. The van der Waals surface area contributed by atoms with Crippen LogP contribution in [0.5, 0.6) is 5.75 Å². The number of halogens is 2. The zero-order chi connectivity index (χ0) is 16.3. The van der Waals surface area contributed by atoms with E-state index in [2.05, 4.69) is 29.3 Å². The van der Waals surface area contributed by atoms with Gasteiger partial charge < -0.3 is 19.9 Å². The van der Waals surface area contributed by atoms with Crippen LogP contribution in [0.1, 0.15) is 19.8 Å². The molecule has 2 aliphatic rings. The van der Waals surface area contributed by atoms with E-state index < -0.39 is 0 Å². The number of piperazine rings is 1. The quantitative estimate of drug-likeness (QED) is 0.862. The topological polar surface area (TPSA) is 44.8 Å². The predicted octanol–water partition coefficient (Wildman–Crippen LogP) is 2.58. The van der Waals surface area contributed by atoms with Crippen molar-refractivity contribution < 1.29 is 9.53 Å². The Bertz CT molecular complexity index is 557. The Morgan fingerprint density at radius 3 is 2.52 bits per heavy atom.